The number of fused-ring (bicyclic) bond motifs is 6. The van der Waals surface area contributed by atoms with Crippen LogP contribution in [0.3, 0.4) is 0 Å². The summed E-state index contributed by atoms with van der Waals surface area (Å²) in [5, 5.41) is 4.81. The Balaban J connectivity index is 1.12. The monoisotopic (exact) mass is 747 g/mol. The van der Waals surface area contributed by atoms with Crippen molar-refractivity contribution in [2.75, 3.05) is 0 Å². The first kappa shape index (κ1) is 33.1. The lowest BCUT2D eigenvalue weighted by atomic mass is 9.99. The topological polar surface area (TPSA) is 48.5 Å². The molecule has 3 heterocycles. The second-order valence-corrected chi connectivity index (χ2v) is 14.8. The van der Waals surface area contributed by atoms with E-state index in [0.29, 0.717) is 17.5 Å². The molecule has 0 radical (unpaired) electrons. The number of para-hydroxylation sites is 3. The van der Waals surface area contributed by atoms with E-state index in [9.17, 15) is 0 Å². The smallest absolute Gasteiger partial charge is 0.164 e. The lowest BCUT2D eigenvalue weighted by molar-refractivity contribution is 1.07. The van der Waals surface area contributed by atoms with Gasteiger partial charge in [-0.2, -0.15) is 0 Å². The molecule has 0 spiro atoms. The Bertz CT molecular complexity index is 3240. The summed E-state index contributed by atoms with van der Waals surface area (Å²) in [6.45, 7) is 0. The maximum Gasteiger partial charge on any atom is 0.164 e. The van der Waals surface area contributed by atoms with Gasteiger partial charge in [-0.3, -0.25) is 0 Å². The van der Waals surface area contributed by atoms with Crippen LogP contribution in [0.4, 0.5) is 0 Å². The molecule has 0 aliphatic rings. The average Bonchev–Trinajstić information content (AvgIpc) is 3.80. The van der Waals surface area contributed by atoms with Gasteiger partial charge in [0.15, 0.2) is 17.5 Å². The highest BCUT2D eigenvalue weighted by Gasteiger charge is 2.20. The van der Waals surface area contributed by atoms with Gasteiger partial charge >= 0.3 is 0 Å². The van der Waals surface area contributed by atoms with Crippen molar-refractivity contribution in [2.45, 2.75) is 4.90 Å². The van der Waals surface area contributed by atoms with Crippen LogP contribution in [0.1, 0.15) is 0 Å². The van der Waals surface area contributed by atoms with Crippen molar-refractivity contribution < 1.29 is 0 Å². The summed E-state index contributed by atoms with van der Waals surface area (Å²) in [5.41, 5.74) is 11.8. The minimum Gasteiger partial charge on any atom is -0.309 e. The van der Waals surface area contributed by atoms with Crippen molar-refractivity contribution in [3.8, 4) is 56.7 Å². The molecule has 57 heavy (non-hydrogen) atoms. The predicted octanol–water partition coefficient (Wildman–Crippen LogP) is 13.0. The van der Waals surface area contributed by atoms with Gasteiger partial charge in [-0.1, -0.05) is 133 Å². The number of hydrogen-bond acceptors (Lipinski definition) is 4. The van der Waals surface area contributed by atoms with Crippen LogP contribution in [0.5, 0.6) is 0 Å². The van der Waals surface area contributed by atoms with Crippen LogP contribution >= 0.6 is 12.6 Å². The molecule has 11 aromatic rings. The molecule has 0 fully saturated rings. The number of aromatic nitrogens is 5. The summed E-state index contributed by atoms with van der Waals surface area (Å²) in [5.74, 6) is 1.91. The van der Waals surface area contributed by atoms with Crippen molar-refractivity contribution in [3.05, 3.63) is 194 Å². The first-order valence-corrected chi connectivity index (χ1v) is 19.5. The van der Waals surface area contributed by atoms with Crippen LogP contribution in [-0.2, 0) is 0 Å². The second-order valence-electron chi connectivity index (χ2n) is 14.2. The van der Waals surface area contributed by atoms with Gasteiger partial charge in [0, 0.05) is 60.1 Å². The molecule has 6 heteroatoms. The third kappa shape index (κ3) is 5.61. The Labute approximate surface area is 334 Å². The molecule has 5 nitrogen and oxygen atoms in total. The van der Waals surface area contributed by atoms with Crippen molar-refractivity contribution in [2.24, 2.45) is 0 Å². The number of hydrogen-bond donors (Lipinski definition) is 1. The van der Waals surface area contributed by atoms with Gasteiger partial charge in [-0.15, -0.1) is 12.6 Å². The molecular formula is C51H33N5S. The summed E-state index contributed by atoms with van der Waals surface area (Å²) in [6.07, 6.45) is 0. The van der Waals surface area contributed by atoms with Crippen molar-refractivity contribution >= 4 is 56.2 Å². The van der Waals surface area contributed by atoms with Gasteiger partial charge in [0.25, 0.3) is 0 Å². The molecule has 0 saturated carbocycles. The maximum absolute atomic E-state index is 5.05. The molecule has 0 unspecified atom stereocenters. The highest BCUT2D eigenvalue weighted by molar-refractivity contribution is 7.80. The second kappa shape index (κ2) is 13.5. The zero-order valence-corrected chi connectivity index (χ0v) is 31.6. The van der Waals surface area contributed by atoms with E-state index in [1.807, 2.05) is 72.8 Å². The van der Waals surface area contributed by atoms with Gasteiger partial charge in [-0.25, -0.2) is 15.0 Å². The number of benzene rings is 8. The molecule has 3 aromatic heterocycles. The lowest BCUT2D eigenvalue weighted by Gasteiger charge is -2.14. The molecule has 268 valence electrons. The molecule has 8 aromatic carbocycles. The van der Waals surface area contributed by atoms with Crippen LogP contribution in [-0.4, -0.2) is 24.1 Å². The van der Waals surface area contributed by atoms with Crippen molar-refractivity contribution in [1.82, 2.24) is 24.1 Å². The Morgan fingerprint density at radius 3 is 1.51 bits per heavy atom. The first-order valence-electron chi connectivity index (χ1n) is 19.0. The summed E-state index contributed by atoms with van der Waals surface area (Å²) in [7, 11) is 0. The third-order valence-corrected chi connectivity index (χ3v) is 11.1. The SMILES string of the molecule is Sc1ccc(-n2c3ccccc3c3cc(-n4c5ccccc5c5cccc(-c6cccc(-c7nc(-c8ccccc8)nc(-c8ccccc8)n7)c6)c54)ccc32)cc1. The van der Waals surface area contributed by atoms with Crippen LogP contribution in [0, 0.1) is 0 Å². The fourth-order valence-corrected chi connectivity index (χ4v) is 8.41. The molecule has 0 saturated heterocycles. The Morgan fingerprint density at radius 1 is 0.333 bits per heavy atom. The summed E-state index contributed by atoms with van der Waals surface area (Å²) in [4.78, 5) is 16.0. The molecular weight excluding hydrogens is 715 g/mol. The maximum atomic E-state index is 5.05. The highest BCUT2D eigenvalue weighted by atomic mass is 32.1. The van der Waals surface area contributed by atoms with E-state index in [1.165, 1.54) is 27.1 Å². The summed E-state index contributed by atoms with van der Waals surface area (Å²) >= 11 is 4.56. The van der Waals surface area contributed by atoms with Gasteiger partial charge < -0.3 is 9.13 Å². The van der Waals surface area contributed by atoms with Crippen molar-refractivity contribution in [3.63, 3.8) is 0 Å². The zero-order valence-electron chi connectivity index (χ0n) is 30.7. The number of rotatable bonds is 6. The normalized spacial score (nSPS) is 11.6. The highest BCUT2D eigenvalue weighted by Crippen LogP contribution is 2.41. The fraction of sp³-hybridized carbons (Fsp3) is 0. The first-order chi connectivity index (χ1) is 28.2. The molecule has 0 amide bonds. The van der Waals surface area contributed by atoms with E-state index in [1.54, 1.807) is 0 Å². The van der Waals surface area contributed by atoms with Crippen LogP contribution in [0.15, 0.2) is 199 Å². The van der Waals surface area contributed by atoms with Gasteiger partial charge in [0.2, 0.25) is 0 Å². The molecule has 11 rings (SSSR count). The molecule has 0 bridgehead atoms. The lowest BCUT2D eigenvalue weighted by Crippen LogP contribution is -2.00. The fourth-order valence-electron chi connectivity index (χ4n) is 8.26. The van der Waals surface area contributed by atoms with Crippen molar-refractivity contribution in [1.29, 1.82) is 0 Å². The van der Waals surface area contributed by atoms with E-state index in [-0.39, 0.29) is 0 Å². The largest absolute Gasteiger partial charge is 0.309 e. The Hall–Kier alpha value is -7.28. The Morgan fingerprint density at radius 2 is 0.825 bits per heavy atom. The van der Waals surface area contributed by atoms with E-state index >= 15 is 0 Å². The number of nitrogens with zero attached hydrogens (tertiary/aromatic N) is 5. The molecule has 0 N–H and O–H groups in total. The van der Waals surface area contributed by atoms with E-state index in [2.05, 4.69) is 143 Å². The van der Waals surface area contributed by atoms with Gasteiger partial charge in [-0.05, 0) is 66.2 Å². The minimum atomic E-state index is 0.628. The van der Waals surface area contributed by atoms with Gasteiger partial charge in [0.1, 0.15) is 0 Å². The number of thiol groups is 1. The quantitative estimate of drug-likeness (QED) is 0.172. The van der Waals surface area contributed by atoms with E-state index in [4.69, 9.17) is 15.0 Å². The minimum absolute atomic E-state index is 0.628. The van der Waals surface area contributed by atoms with E-state index < -0.39 is 0 Å². The standard InChI is InChI=1S/C51H33N5S/c57-39-28-25-37(26-29-39)55-45-23-9-8-20-42(45)44-32-38(27-30-47(44)55)56-46-24-10-7-19-41(46)43-22-12-21-40(48(43)56)35-17-11-18-36(31-35)51-53-49(33-13-3-1-4-14-33)52-50(54-51)34-15-5-2-6-16-34/h1-32,57H. The zero-order chi connectivity index (χ0) is 37.9. The van der Waals surface area contributed by atoms with Crippen LogP contribution < -0.4 is 0 Å². The van der Waals surface area contributed by atoms with E-state index in [0.717, 1.165) is 60.6 Å². The van der Waals surface area contributed by atoms with Crippen LogP contribution in [0.2, 0.25) is 0 Å². The summed E-state index contributed by atoms with van der Waals surface area (Å²) < 4.78 is 4.77. The third-order valence-electron chi connectivity index (χ3n) is 10.8. The summed E-state index contributed by atoms with van der Waals surface area (Å²) in [6, 6.07) is 68.0. The molecule has 0 aliphatic carbocycles. The van der Waals surface area contributed by atoms with Gasteiger partial charge in [0.05, 0.1) is 22.1 Å². The average molecular weight is 748 g/mol. The molecule has 0 atom stereocenters. The molecule has 0 aliphatic heterocycles. The Kier molecular flexibility index (Phi) is 7.83. The predicted molar refractivity (Wildman–Crippen MR) is 238 cm³/mol. The van der Waals surface area contributed by atoms with Crippen LogP contribution in [0.25, 0.3) is 100 Å².